The molecule has 0 aliphatic heterocycles. The van der Waals surface area contributed by atoms with E-state index in [0.717, 1.165) is 31.1 Å². The molecule has 0 unspecified atom stereocenters. The molecule has 3 rings (SSSR count). The first kappa shape index (κ1) is 17.1. The van der Waals surface area contributed by atoms with Gasteiger partial charge in [-0.25, -0.2) is 0 Å². The van der Waals surface area contributed by atoms with Crippen LogP contribution in [0, 0.1) is 5.92 Å². The number of nitrogens with one attached hydrogen (secondary N) is 1. The number of halogens is 1. The Morgan fingerprint density at radius 2 is 1.91 bits per heavy atom. The van der Waals surface area contributed by atoms with Crippen molar-refractivity contribution in [3.05, 3.63) is 29.8 Å². The molecule has 5 heteroatoms. The normalized spacial score (nSPS) is 16.8. The molecular weight excluding hydrogens is 300 g/mol. The number of carbonyl (C=O) groups excluding carboxylic acids is 1. The van der Waals surface area contributed by atoms with Crippen LogP contribution in [0.3, 0.4) is 0 Å². The van der Waals surface area contributed by atoms with Crippen molar-refractivity contribution in [3.63, 3.8) is 0 Å². The largest absolute Gasteiger partial charge is 0.497 e. The molecule has 2 fully saturated rings. The molecule has 0 spiro atoms. The van der Waals surface area contributed by atoms with Crippen LogP contribution in [0.5, 0.6) is 5.75 Å². The first-order chi connectivity index (χ1) is 10.3. The molecule has 22 heavy (non-hydrogen) atoms. The minimum atomic E-state index is 0. The van der Waals surface area contributed by atoms with Gasteiger partial charge in [0.2, 0.25) is 5.91 Å². The van der Waals surface area contributed by atoms with Gasteiger partial charge in [0, 0.05) is 12.6 Å². The summed E-state index contributed by atoms with van der Waals surface area (Å²) >= 11 is 0. The van der Waals surface area contributed by atoms with Crippen LogP contribution in [0.2, 0.25) is 0 Å². The van der Waals surface area contributed by atoms with E-state index in [9.17, 15) is 4.79 Å². The van der Waals surface area contributed by atoms with Crippen LogP contribution >= 0.6 is 12.4 Å². The number of methoxy groups -OCH3 is 1. The molecule has 1 amide bonds. The lowest BCUT2D eigenvalue weighted by molar-refractivity contribution is -0.131. The summed E-state index contributed by atoms with van der Waals surface area (Å²) in [6.45, 7) is 2.18. The van der Waals surface area contributed by atoms with Crippen molar-refractivity contribution in [3.8, 4) is 5.75 Å². The van der Waals surface area contributed by atoms with Crippen molar-refractivity contribution in [2.75, 3.05) is 20.2 Å². The fourth-order valence-electron chi connectivity index (χ4n) is 2.54. The molecule has 4 nitrogen and oxygen atoms in total. The highest BCUT2D eigenvalue weighted by molar-refractivity contribution is 5.85. The lowest BCUT2D eigenvalue weighted by Crippen LogP contribution is -2.39. The molecule has 0 heterocycles. The highest BCUT2D eigenvalue weighted by Gasteiger charge is 2.32. The van der Waals surface area contributed by atoms with Gasteiger partial charge in [-0.3, -0.25) is 4.79 Å². The van der Waals surface area contributed by atoms with Crippen molar-refractivity contribution in [2.45, 2.75) is 38.3 Å². The summed E-state index contributed by atoms with van der Waals surface area (Å²) in [6, 6.07) is 8.44. The Labute approximate surface area is 138 Å². The fourth-order valence-corrected chi connectivity index (χ4v) is 2.54. The van der Waals surface area contributed by atoms with Crippen LogP contribution < -0.4 is 10.1 Å². The number of rotatable bonds is 8. The summed E-state index contributed by atoms with van der Waals surface area (Å²) in [7, 11) is 1.67. The van der Waals surface area contributed by atoms with Gasteiger partial charge in [-0.15, -0.1) is 12.4 Å². The van der Waals surface area contributed by atoms with Crippen LogP contribution in [0.25, 0.3) is 0 Å². The van der Waals surface area contributed by atoms with Crippen LogP contribution in [0.4, 0.5) is 0 Å². The number of hydrogen-bond acceptors (Lipinski definition) is 3. The van der Waals surface area contributed by atoms with Gasteiger partial charge in [-0.05, 0) is 55.8 Å². The number of nitrogens with zero attached hydrogens (tertiary/aromatic N) is 1. The molecular formula is C17H25ClN2O2. The molecule has 2 saturated carbocycles. The van der Waals surface area contributed by atoms with E-state index >= 15 is 0 Å². The maximum absolute atomic E-state index is 12.4. The zero-order chi connectivity index (χ0) is 14.7. The number of benzene rings is 1. The zero-order valence-electron chi connectivity index (χ0n) is 13.1. The molecule has 0 bridgehead atoms. The highest BCUT2D eigenvalue weighted by atomic mass is 35.5. The van der Waals surface area contributed by atoms with Crippen LogP contribution in [0.1, 0.15) is 31.2 Å². The Morgan fingerprint density at radius 3 is 2.45 bits per heavy atom. The first-order valence-electron chi connectivity index (χ1n) is 7.89. The number of ether oxygens (including phenoxy) is 1. The first-order valence-corrected chi connectivity index (χ1v) is 7.89. The Morgan fingerprint density at radius 1 is 1.23 bits per heavy atom. The third-order valence-corrected chi connectivity index (χ3v) is 4.23. The monoisotopic (exact) mass is 324 g/mol. The molecule has 0 atom stereocenters. The van der Waals surface area contributed by atoms with Gasteiger partial charge < -0.3 is 15.0 Å². The third-order valence-electron chi connectivity index (χ3n) is 4.23. The van der Waals surface area contributed by atoms with Gasteiger partial charge in [-0.2, -0.15) is 0 Å². The van der Waals surface area contributed by atoms with Crippen LogP contribution in [0.15, 0.2) is 24.3 Å². The molecule has 2 aliphatic carbocycles. The van der Waals surface area contributed by atoms with E-state index in [0.29, 0.717) is 19.1 Å². The molecule has 122 valence electrons. The minimum absolute atomic E-state index is 0. The van der Waals surface area contributed by atoms with E-state index in [-0.39, 0.29) is 18.3 Å². The van der Waals surface area contributed by atoms with Crippen LogP contribution in [-0.2, 0) is 11.3 Å². The minimum Gasteiger partial charge on any atom is -0.497 e. The van der Waals surface area contributed by atoms with Crippen molar-refractivity contribution in [1.29, 1.82) is 0 Å². The summed E-state index contributed by atoms with van der Waals surface area (Å²) in [6.07, 6.45) is 4.92. The van der Waals surface area contributed by atoms with Gasteiger partial charge in [-0.1, -0.05) is 12.1 Å². The summed E-state index contributed by atoms with van der Waals surface area (Å²) in [5.41, 5.74) is 1.17. The van der Waals surface area contributed by atoms with Crippen LogP contribution in [-0.4, -0.2) is 37.0 Å². The second-order valence-corrected chi connectivity index (χ2v) is 6.18. The maximum Gasteiger partial charge on any atom is 0.237 e. The standard InChI is InChI=1S/C17H24N2O2.ClH/c1-21-16-8-4-14(5-9-16)12-19(15-6-7-15)17(20)11-18-10-13-2-3-13;/h4-5,8-9,13,15,18H,2-3,6-7,10-12H2,1H3;1H. The average molecular weight is 325 g/mol. The van der Waals surface area contributed by atoms with Crippen molar-refractivity contribution in [2.24, 2.45) is 5.92 Å². The highest BCUT2D eigenvalue weighted by Crippen LogP contribution is 2.29. The summed E-state index contributed by atoms with van der Waals surface area (Å²) in [4.78, 5) is 14.4. The zero-order valence-corrected chi connectivity index (χ0v) is 13.9. The smallest absolute Gasteiger partial charge is 0.237 e. The van der Waals surface area contributed by atoms with Crippen molar-refractivity contribution in [1.82, 2.24) is 10.2 Å². The van der Waals surface area contributed by atoms with E-state index in [1.54, 1.807) is 7.11 Å². The Kier molecular flexibility index (Phi) is 6.09. The summed E-state index contributed by atoms with van der Waals surface area (Å²) < 4.78 is 5.17. The second-order valence-electron chi connectivity index (χ2n) is 6.18. The van der Waals surface area contributed by atoms with Gasteiger partial charge in [0.1, 0.15) is 5.75 Å². The number of amides is 1. The molecule has 1 aromatic carbocycles. The number of hydrogen-bond donors (Lipinski definition) is 1. The molecule has 0 saturated heterocycles. The number of carbonyl (C=O) groups is 1. The summed E-state index contributed by atoms with van der Waals surface area (Å²) in [5.74, 6) is 1.90. The molecule has 0 radical (unpaired) electrons. The quantitative estimate of drug-likeness (QED) is 0.799. The van der Waals surface area contributed by atoms with Gasteiger partial charge in [0.05, 0.1) is 13.7 Å². The average Bonchev–Trinajstić information content (AvgIpc) is 3.38. The topological polar surface area (TPSA) is 41.6 Å². The van der Waals surface area contributed by atoms with Gasteiger partial charge >= 0.3 is 0 Å². The molecule has 1 N–H and O–H groups in total. The van der Waals surface area contributed by atoms with E-state index in [1.807, 2.05) is 29.2 Å². The third kappa shape index (κ3) is 4.89. The molecule has 0 aromatic heterocycles. The maximum atomic E-state index is 12.4. The Bertz CT molecular complexity index is 484. The van der Waals surface area contributed by atoms with E-state index in [4.69, 9.17) is 4.74 Å². The van der Waals surface area contributed by atoms with Gasteiger partial charge in [0.25, 0.3) is 0 Å². The Balaban J connectivity index is 0.00000176. The van der Waals surface area contributed by atoms with E-state index < -0.39 is 0 Å². The predicted octanol–water partition coefficient (Wildman–Crippen LogP) is 2.61. The predicted molar refractivity (Wildman–Crippen MR) is 89.4 cm³/mol. The van der Waals surface area contributed by atoms with Gasteiger partial charge in [0.15, 0.2) is 0 Å². The fraction of sp³-hybridized carbons (Fsp3) is 0.588. The summed E-state index contributed by atoms with van der Waals surface area (Å²) in [5, 5.41) is 3.30. The van der Waals surface area contributed by atoms with Crippen molar-refractivity contribution < 1.29 is 9.53 Å². The molecule has 2 aliphatic rings. The SMILES string of the molecule is COc1ccc(CN(C(=O)CNCC2CC2)C2CC2)cc1.Cl. The van der Waals surface area contributed by atoms with E-state index in [1.165, 1.54) is 18.4 Å². The van der Waals surface area contributed by atoms with Crippen molar-refractivity contribution >= 4 is 18.3 Å². The molecule has 1 aromatic rings. The lowest BCUT2D eigenvalue weighted by atomic mass is 10.2. The lowest BCUT2D eigenvalue weighted by Gasteiger charge is -2.23. The second kappa shape index (κ2) is 7.84. The van der Waals surface area contributed by atoms with E-state index in [2.05, 4.69) is 5.32 Å². The Hall–Kier alpha value is -1.26.